The molecule has 3 amide bonds. The highest BCUT2D eigenvalue weighted by Crippen LogP contribution is 2.50. The molecule has 7 nitrogen and oxygen atoms in total. The Kier molecular flexibility index (Phi) is 10.5. The van der Waals surface area contributed by atoms with Crippen LogP contribution >= 0.6 is 0 Å². The number of nitrogens with one attached hydrogen (secondary N) is 1. The van der Waals surface area contributed by atoms with Crippen molar-refractivity contribution in [3.8, 4) is 11.5 Å². The van der Waals surface area contributed by atoms with Gasteiger partial charge >= 0.3 is 18.4 Å². The third-order valence-electron chi connectivity index (χ3n) is 8.08. The molecule has 1 aliphatic heterocycles. The zero-order chi connectivity index (χ0) is 34.6. The predicted octanol–water partition coefficient (Wildman–Crippen LogP) is 7.46. The van der Waals surface area contributed by atoms with E-state index in [1.165, 1.54) is 0 Å². The van der Waals surface area contributed by atoms with Crippen LogP contribution in [-0.2, 0) is 29.0 Å². The quantitative estimate of drug-likeness (QED) is 0.112. The SMILES string of the molecule is CCCc1cc(C(O)(C(F)(F)F)C(F)(F)F)ccc1OCCCCN1C(=O)NC(C)(c2ccc(OCc3ccc(C)cc3)cc2)C1=O. The summed E-state index contributed by atoms with van der Waals surface area (Å²) in [5, 5.41) is 12.5. The van der Waals surface area contributed by atoms with E-state index in [4.69, 9.17) is 9.47 Å². The van der Waals surface area contributed by atoms with E-state index in [1.807, 2.05) is 31.2 Å². The van der Waals surface area contributed by atoms with Gasteiger partial charge in [-0.3, -0.25) is 9.69 Å². The Morgan fingerprint density at radius 2 is 1.51 bits per heavy atom. The maximum Gasteiger partial charge on any atom is 0.430 e. The predicted molar refractivity (Wildman–Crippen MR) is 161 cm³/mol. The van der Waals surface area contributed by atoms with Crippen LogP contribution in [0.4, 0.5) is 31.1 Å². The molecule has 2 N–H and O–H groups in total. The van der Waals surface area contributed by atoms with E-state index in [-0.39, 0.29) is 30.9 Å². The van der Waals surface area contributed by atoms with Gasteiger partial charge in [0, 0.05) is 12.1 Å². The second-order valence-electron chi connectivity index (χ2n) is 11.6. The van der Waals surface area contributed by atoms with Crippen molar-refractivity contribution in [2.75, 3.05) is 13.2 Å². The molecule has 1 fully saturated rings. The highest BCUT2D eigenvalue weighted by Gasteiger charge is 2.71. The molecule has 4 rings (SSSR count). The van der Waals surface area contributed by atoms with Crippen molar-refractivity contribution in [3.63, 3.8) is 0 Å². The number of carbonyl (C=O) groups is 2. The third-order valence-corrected chi connectivity index (χ3v) is 8.08. The highest BCUT2D eigenvalue weighted by molar-refractivity contribution is 6.07. The number of aryl methyl sites for hydroxylation is 2. The van der Waals surface area contributed by atoms with Crippen molar-refractivity contribution in [2.45, 2.75) is 76.6 Å². The molecular formula is C34H36F6N2O5. The number of amides is 3. The van der Waals surface area contributed by atoms with Gasteiger partial charge < -0.3 is 19.9 Å². The molecule has 1 unspecified atom stereocenters. The summed E-state index contributed by atoms with van der Waals surface area (Å²) in [5.74, 6) is 0.232. The molecule has 0 bridgehead atoms. The van der Waals surface area contributed by atoms with Crippen LogP contribution < -0.4 is 14.8 Å². The fourth-order valence-electron chi connectivity index (χ4n) is 5.28. The minimum atomic E-state index is -5.99. The topological polar surface area (TPSA) is 88.1 Å². The number of unbranched alkanes of at least 4 members (excludes halogenated alkanes) is 1. The van der Waals surface area contributed by atoms with Crippen LogP contribution in [0.25, 0.3) is 0 Å². The number of urea groups is 1. The summed E-state index contributed by atoms with van der Waals surface area (Å²) in [6.45, 7) is 5.75. The lowest BCUT2D eigenvalue weighted by molar-refractivity contribution is -0.376. The minimum absolute atomic E-state index is 0.0177. The van der Waals surface area contributed by atoms with Crippen molar-refractivity contribution < 1.29 is 50.5 Å². The van der Waals surface area contributed by atoms with Crippen molar-refractivity contribution in [1.82, 2.24) is 10.2 Å². The second-order valence-corrected chi connectivity index (χ2v) is 11.6. The van der Waals surface area contributed by atoms with Crippen LogP contribution in [0.5, 0.6) is 11.5 Å². The molecular weight excluding hydrogens is 630 g/mol. The van der Waals surface area contributed by atoms with Crippen molar-refractivity contribution in [2.24, 2.45) is 0 Å². The molecule has 13 heteroatoms. The van der Waals surface area contributed by atoms with Gasteiger partial charge in [0.25, 0.3) is 11.5 Å². The molecule has 1 aliphatic rings. The fourth-order valence-corrected chi connectivity index (χ4v) is 5.28. The molecule has 1 atom stereocenters. The Bertz CT molecular complexity index is 1540. The third kappa shape index (κ3) is 7.50. The van der Waals surface area contributed by atoms with Gasteiger partial charge in [0.15, 0.2) is 0 Å². The number of imide groups is 1. The number of rotatable bonds is 13. The van der Waals surface area contributed by atoms with Crippen LogP contribution in [0.2, 0.25) is 0 Å². The van der Waals surface area contributed by atoms with Gasteiger partial charge in [-0.25, -0.2) is 4.79 Å². The van der Waals surface area contributed by atoms with Gasteiger partial charge in [-0.15, -0.1) is 0 Å². The van der Waals surface area contributed by atoms with E-state index >= 15 is 0 Å². The lowest BCUT2D eigenvalue weighted by Gasteiger charge is -2.33. The first-order chi connectivity index (χ1) is 22.0. The van der Waals surface area contributed by atoms with Crippen LogP contribution in [0.3, 0.4) is 0 Å². The average molecular weight is 667 g/mol. The number of hydrogen-bond acceptors (Lipinski definition) is 5. The van der Waals surface area contributed by atoms with Gasteiger partial charge in [0.05, 0.1) is 6.61 Å². The van der Waals surface area contributed by atoms with Gasteiger partial charge in [-0.2, -0.15) is 26.3 Å². The number of halogens is 6. The van der Waals surface area contributed by atoms with Crippen molar-refractivity contribution >= 4 is 11.9 Å². The summed E-state index contributed by atoms with van der Waals surface area (Å²) in [6.07, 6.45) is -10.8. The van der Waals surface area contributed by atoms with E-state index in [0.717, 1.165) is 22.1 Å². The maximum atomic E-state index is 13.4. The summed E-state index contributed by atoms with van der Waals surface area (Å²) in [7, 11) is 0. The molecule has 0 radical (unpaired) electrons. The molecule has 1 saturated heterocycles. The summed E-state index contributed by atoms with van der Waals surface area (Å²) in [5.41, 5.74) is -4.88. The van der Waals surface area contributed by atoms with Gasteiger partial charge in [0.2, 0.25) is 0 Å². The highest BCUT2D eigenvalue weighted by atomic mass is 19.4. The first-order valence-electron chi connectivity index (χ1n) is 15.1. The van der Waals surface area contributed by atoms with Gasteiger partial charge in [0.1, 0.15) is 23.6 Å². The monoisotopic (exact) mass is 666 g/mol. The minimum Gasteiger partial charge on any atom is -0.493 e. The number of hydrogen-bond donors (Lipinski definition) is 2. The molecule has 0 aromatic heterocycles. The second kappa shape index (κ2) is 13.8. The fraction of sp³-hybridized carbons (Fsp3) is 0.412. The number of carbonyl (C=O) groups excluding carboxylic acids is 2. The number of aliphatic hydroxyl groups is 1. The first kappa shape index (κ1) is 35.6. The van der Waals surface area contributed by atoms with Gasteiger partial charge in [-0.05, 0) is 74.1 Å². The molecule has 0 saturated carbocycles. The summed E-state index contributed by atoms with van der Waals surface area (Å²) >= 11 is 0. The van der Waals surface area contributed by atoms with Crippen LogP contribution in [-0.4, -0.2) is 47.4 Å². The van der Waals surface area contributed by atoms with E-state index in [2.05, 4.69) is 5.32 Å². The Balaban J connectivity index is 1.33. The molecule has 3 aromatic rings. The molecule has 0 aliphatic carbocycles. The van der Waals surface area contributed by atoms with E-state index in [9.17, 15) is 41.0 Å². The van der Waals surface area contributed by atoms with Crippen LogP contribution in [0, 0.1) is 6.92 Å². The zero-order valence-electron chi connectivity index (χ0n) is 26.1. The average Bonchev–Trinajstić information content (AvgIpc) is 3.23. The molecule has 3 aromatic carbocycles. The lowest BCUT2D eigenvalue weighted by Crippen LogP contribution is -2.53. The molecule has 254 valence electrons. The van der Waals surface area contributed by atoms with Crippen LogP contribution in [0.1, 0.15) is 60.9 Å². The number of nitrogens with zero attached hydrogens (tertiary/aromatic N) is 1. The maximum absolute atomic E-state index is 13.4. The van der Waals surface area contributed by atoms with Crippen molar-refractivity contribution in [3.05, 3.63) is 94.5 Å². The molecule has 47 heavy (non-hydrogen) atoms. The van der Waals surface area contributed by atoms with Gasteiger partial charge in [-0.1, -0.05) is 61.4 Å². The summed E-state index contributed by atoms with van der Waals surface area (Å²) in [6, 6.07) is 16.4. The van der Waals surface area contributed by atoms with E-state index in [1.54, 1.807) is 38.1 Å². The largest absolute Gasteiger partial charge is 0.493 e. The smallest absolute Gasteiger partial charge is 0.430 e. The van der Waals surface area contributed by atoms with E-state index in [0.29, 0.717) is 49.3 Å². The first-order valence-corrected chi connectivity index (χ1v) is 15.1. The van der Waals surface area contributed by atoms with Crippen molar-refractivity contribution in [1.29, 1.82) is 0 Å². The van der Waals surface area contributed by atoms with Crippen LogP contribution in [0.15, 0.2) is 66.7 Å². The number of benzene rings is 3. The number of alkyl halides is 6. The standard InChI is InChI=1S/C34H36F6N2O5/c1-4-7-24-20-26(32(45,33(35,36)37)34(38,39)40)14-17-28(24)46-19-6-5-18-42-29(43)31(3,41-30(42)44)25-12-15-27(16-13-25)47-21-23-10-8-22(2)9-11-23/h8-17,20,45H,4-7,18-19,21H2,1-3H3,(H,41,44). The summed E-state index contributed by atoms with van der Waals surface area (Å²) in [4.78, 5) is 27.1. The zero-order valence-corrected chi connectivity index (χ0v) is 26.1. The Hall–Kier alpha value is -4.26. The normalized spacial score (nSPS) is 17.2. The summed E-state index contributed by atoms with van der Waals surface area (Å²) < 4.78 is 91.7. The lowest BCUT2D eigenvalue weighted by atomic mass is 9.90. The number of ether oxygens (including phenoxy) is 2. The molecule has 0 spiro atoms. The Morgan fingerprint density at radius 3 is 2.11 bits per heavy atom. The Morgan fingerprint density at radius 1 is 0.872 bits per heavy atom. The van der Waals surface area contributed by atoms with E-state index < -0.39 is 41.0 Å². The Labute approximate surface area is 268 Å². The molecule has 1 heterocycles.